The van der Waals surface area contributed by atoms with Gasteiger partial charge in [-0.05, 0) is 44.7 Å². The number of rotatable bonds is 6. The van der Waals surface area contributed by atoms with Gasteiger partial charge in [-0.3, -0.25) is 9.59 Å². The van der Waals surface area contributed by atoms with Crippen molar-refractivity contribution in [3.05, 3.63) is 42.1 Å². The Morgan fingerprint density at radius 3 is 2.73 bits per heavy atom. The monoisotopic (exact) mass is 608 g/mol. The molecule has 5 atom stereocenters. The van der Waals surface area contributed by atoms with Crippen LogP contribution in [0.25, 0.3) is 10.9 Å². The first-order chi connectivity index (χ1) is 21.2. The molecular weight excluding hydrogens is 568 g/mol. The van der Waals surface area contributed by atoms with Crippen molar-refractivity contribution in [2.75, 3.05) is 27.4 Å². The van der Waals surface area contributed by atoms with Crippen molar-refractivity contribution >= 4 is 34.7 Å². The molecule has 0 bridgehead atoms. The van der Waals surface area contributed by atoms with Crippen LogP contribution in [-0.4, -0.2) is 84.7 Å². The quantitative estimate of drug-likeness (QED) is 0.369. The average molecular weight is 609 g/mol. The second kappa shape index (κ2) is 13.2. The van der Waals surface area contributed by atoms with Crippen LogP contribution in [0, 0.1) is 5.92 Å². The molecule has 0 spiro atoms. The van der Waals surface area contributed by atoms with E-state index in [4.69, 9.17) is 24.7 Å². The summed E-state index contributed by atoms with van der Waals surface area (Å²) < 4.78 is 22.0. The van der Waals surface area contributed by atoms with Crippen molar-refractivity contribution in [2.45, 2.75) is 75.6 Å². The van der Waals surface area contributed by atoms with Crippen LogP contribution in [0.3, 0.4) is 0 Å². The molecule has 12 nitrogen and oxygen atoms in total. The van der Waals surface area contributed by atoms with Gasteiger partial charge in [0.1, 0.15) is 29.2 Å². The number of hydrogen-bond acceptors (Lipinski definition) is 10. The van der Waals surface area contributed by atoms with Crippen LogP contribution in [0.2, 0.25) is 0 Å². The van der Waals surface area contributed by atoms with E-state index < -0.39 is 41.6 Å². The predicted molar refractivity (Wildman–Crippen MR) is 160 cm³/mol. The topological polar surface area (TPSA) is 159 Å². The summed E-state index contributed by atoms with van der Waals surface area (Å²) in [4.78, 5) is 58.9. The van der Waals surface area contributed by atoms with Crippen LogP contribution >= 0.6 is 0 Å². The first kappa shape index (κ1) is 31.2. The van der Waals surface area contributed by atoms with Gasteiger partial charge in [0.15, 0.2) is 5.69 Å². The van der Waals surface area contributed by atoms with E-state index in [9.17, 15) is 19.2 Å². The summed E-state index contributed by atoms with van der Waals surface area (Å²) in [6.07, 6.45) is 7.95. The van der Waals surface area contributed by atoms with Crippen LogP contribution in [0.15, 0.2) is 36.4 Å². The molecule has 1 saturated carbocycles. The summed E-state index contributed by atoms with van der Waals surface area (Å²) in [7, 11) is 2.79. The molecule has 1 aromatic carbocycles. The second-order valence-corrected chi connectivity index (χ2v) is 11.5. The van der Waals surface area contributed by atoms with E-state index in [1.54, 1.807) is 25.1 Å². The zero-order chi connectivity index (χ0) is 31.4. The minimum atomic E-state index is -1.17. The molecule has 236 valence electrons. The predicted octanol–water partition coefficient (Wildman–Crippen LogP) is 2.66. The molecule has 3 heterocycles. The maximum Gasteiger partial charge on any atom is 0.356 e. The largest absolute Gasteiger partial charge is 0.497 e. The van der Waals surface area contributed by atoms with Gasteiger partial charge >= 0.3 is 11.9 Å². The highest BCUT2D eigenvalue weighted by molar-refractivity contribution is 5.96. The molecule has 2 aliphatic heterocycles. The third kappa shape index (κ3) is 6.35. The minimum absolute atomic E-state index is 0.0381. The number of carbonyl (C=O) groups is 4. The van der Waals surface area contributed by atoms with Crippen molar-refractivity contribution in [2.24, 2.45) is 11.7 Å². The van der Waals surface area contributed by atoms with E-state index in [2.05, 4.69) is 10.3 Å². The number of amides is 2. The maximum atomic E-state index is 13.9. The third-order valence-electron chi connectivity index (χ3n) is 8.59. The molecule has 1 unspecified atom stereocenters. The molecule has 44 heavy (non-hydrogen) atoms. The molecule has 5 rings (SSSR count). The number of carbonyl (C=O) groups excluding carboxylic acids is 4. The molecule has 3 N–H and O–H groups in total. The number of hydrogen-bond donors (Lipinski definition) is 2. The summed E-state index contributed by atoms with van der Waals surface area (Å²) in [6.45, 7) is 2.00. The Hall–Kier alpha value is -4.19. The molecule has 1 saturated heterocycles. The normalized spacial score (nSPS) is 27.3. The number of nitrogens with zero attached hydrogens (tertiary/aromatic N) is 2. The Kier molecular flexibility index (Phi) is 9.38. The summed E-state index contributed by atoms with van der Waals surface area (Å²) in [5.74, 6) is -1.23. The molecule has 12 heteroatoms. The number of esters is 2. The fourth-order valence-electron chi connectivity index (χ4n) is 6.08. The Balaban J connectivity index is 1.46. The molecular formula is C32H40N4O8. The molecule has 2 fully saturated rings. The zero-order valence-electron chi connectivity index (χ0n) is 25.4. The van der Waals surface area contributed by atoms with Gasteiger partial charge in [-0.15, -0.1) is 0 Å². The van der Waals surface area contributed by atoms with Gasteiger partial charge in [0.05, 0.1) is 38.9 Å². The number of aromatic nitrogens is 1. The molecule has 2 aromatic rings. The van der Waals surface area contributed by atoms with E-state index in [1.807, 2.05) is 12.2 Å². The van der Waals surface area contributed by atoms with E-state index >= 15 is 0 Å². The molecule has 2 amide bonds. The first-order valence-electron chi connectivity index (χ1n) is 15.2. The van der Waals surface area contributed by atoms with E-state index in [0.29, 0.717) is 35.2 Å². The lowest BCUT2D eigenvalue weighted by Crippen LogP contribution is -2.55. The van der Waals surface area contributed by atoms with Crippen LogP contribution < -0.4 is 20.5 Å². The Morgan fingerprint density at radius 2 is 1.98 bits per heavy atom. The summed E-state index contributed by atoms with van der Waals surface area (Å²) in [6, 6.07) is 4.98. The summed E-state index contributed by atoms with van der Waals surface area (Å²) in [5, 5.41) is 3.56. The number of nitrogens with one attached hydrogen (secondary N) is 1. The number of nitrogens with two attached hydrogens (primary N) is 1. The molecule has 1 aromatic heterocycles. The Labute approximate surface area is 256 Å². The molecule has 1 aliphatic carbocycles. The van der Waals surface area contributed by atoms with Gasteiger partial charge in [0.25, 0.3) is 0 Å². The molecule has 0 radical (unpaired) electrons. The fourth-order valence-corrected chi connectivity index (χ4v) is 6.08. The van der Waals surface area contributed by atoms with E-state index in [1.165, 1.54) is 25.2 Å². The Bertz CT molecular complexity index is 1460. The van der Waals surface area contributed by atoms with Crippen molar-refractivity contribution < 1.29 is 38.1 Å². The van der Waals surface area contributed by atoms with Crippen LogP contribution in [0.4, 0.5) is 0 Å². The number of pyridine rings is 1. The summed E-state index contributed by atoms with van der Waals surface area (Å²) in [5.41, 5.74) is 5.68. The van der Waals surface area contributed by atoms with Crippen LogP contribution in [-0.2, 0) is 23.9 Å². The Morgan fingerprint density at radius 1 is 1.16 bits per heavy atom. The number of methoxy groups -OCH3 is 2. The highest BCUT2D eigenvalue weighted by Crippen LogP contribution is 2.46. The van der Waals surface area contributed by atoms with Crippen molar-refractivity contribution in [3.8, 4) is 11.5 Å². The zero-order valence-corrected chi connectivity index (χ0v) is 25.4. The lowest BCUT2D eigenvalue weighted by Gasteiger charge is -2.28. The van der Waals surface area contributed by atoms with Crippen LogP contribution in [0.1, 0.15) is 62.4 Å². The number of benzene rings is 1. The van der Waals surface area contributed by atoms with Crippen LogP contribution in [0.5, 0.6) is 11.5 Å². The van der Waals surface area contributed by atoms with Gasteiger partial charge in [0.2, 0.25) is 11.8 Å². The number of allylic oxidation sites excluding steroid dienone is 1. The maximum absolute atomic E-state index is 13.9. The number of fused-ring (bicyclic) bond motifs is 3. The van der Waals surface area contributed by atoms with Crippen molar-refractivity contribution in [3.63, 3.8) is 0 Å². The van der Waals surface area contributed by atoms with Gasteiger partial charge in [-0.1, -0.05) is 25.0 Å². The van der Waals surface area contributed by atoms with Crippen molar-refractivity contribution in [1.29, 1.82) is 0 Å². The van der Waals surface area contributed by atoms with Gasteiger partial charge in [-0.2, -0.15) is 0 Å². The van der Waals surface area contributed by atoms with Crippen molar-refractivity contribution in [1.82, 2.24) is 15.2 Å². The summed E-state index contributed by atoms with van der Waals surface area (Å²) >= 11 is 0. The van der Waals surface area contributed by atoms with Gasteiger partial charge in [-0.25, -0.2) is 14.6 Å². The smallest absolute Gasteiger partial charge is 0.356 e. The lowest BCUT2D eigenvalue weighted by atomic mass is 10.1. The second-order valence-electron chi connectivity index (χ2n) is 11.5. The third-order valence-corrected chi connectivity index (χ3v) is 8.59. The molecule has 3 aliphatic rings. The SMILES string of the molecule is CCOC(=O)[C@@]12CC1C=CCCCCC[C@H](N)C(=O)N1C[C@H](Oc3cc(C(=O)OC)nc4cc(OC)ccc34)C[C@H]1C(=O)N2. The minimum Gasteiger partial charge on any atom is -0.497 e. The lowest BCUT2D eigenvalue weighted by molar-refractivity contribution is -0.150. The fraction of sp³-hybridized carbons (Fsp3) is 0.531. The first-order valence-corrected chi connectivity index (χ1v) is 15.2. The standard InChI is InChI=1S/C32H40N4O8/c1-4-43-31(40)32-17-19(32)10-8-6-5-7-9-11-23(33)29(38)36-18-21(15-26(36)28(37)35-32)44-27-16-25(30(39)42-3)34-24-14-20(41-2)12-13-22(24)27/h8,10,12-14,16,19,21,23,26H,4-7,9,11,15,17-18,33H2,1-3H3,(H,35,37)/t19?,21-,23+,26+,32-/m1/s1. The van der Waals surface area contributed by atoms with E-state index in [-0.39, 0.29) is 37.1 Å². The average Bonchev–Trinajstić information content (AvgIpc) is 3.55. The van der Waals surface area contributed by atoms with Gasteiger partial charge < -0.3 is 34.9 Å². The van der Waals surface area contributed by atoms with E-state index in [0.717, 1.165) is 25.7 Å². The highest BCUT2D eigenvalue weighted by Gasteiger charge is 2.62. The number of ether oxygens (including phenoxy) is 4. The van der Waals surface area contributed by atoms with Gasteiger partial charge in [0, 0.05) is 29.9 Å². The highest BCUT2D eigenvalue weighted by atomic mass is 16.5.